The number of esters is 1. The first kappa shape index (κ1) is 24.9. The smallest absolute Gasteiger partial charge is 0.350 e. The van der Waals surface area contributed by atoms with Crippen molar-refractivity contribution in [3.8, 4) is 5.75 Å². The van der Waals surface area contributed by atoms with E-state index in [1.54, 1.807) is 55.5 Å². The first-order chi connectivity index (χ1) is 17.4. The summed E-state index contributed by atoms with van der Waals surface area (Å²) in [5.74, 6) is -2.00. The lowest BCUT2D eigenvalue weighted by atomic mass is 9.95. The Labute approximate surface area is 212 Å². The highest BCUT2D eigenvalue weighted by Gasteiger charge is 2.48. The van der Waals surface area contributed by atoms with E-state index >= 15 is 0 Å². The standard InChI is InChI=1S/C27H24N2O6S/c1-4-15-35-26(33)24-16(3)28-27(36-24)29-21(17-9-7-6-8-10-17)20(23(31)25(29)32)22(30)18-11-13-19(14-12-18)34-5-2/h4,6-14,21,30H,1,5,15H2,2-3H3/b22-20-. The maximum absolute atomic E-state index is 13.3. The number of nitrogens with zero attached hydrogens (tertiary/aromatic N) is 2. The Morgan fingerprint density at radius 1 is 1.17 bits per heavy atom. The molecule has 8 nitrogen and oxygen atoms in total. The van der Waals surface area contributed by atoms with Gasteiger partial charge in [-0.3, -0.25) is 14.5 Å². The van der Waals surface area contributed by atoms with Gasteiger partial charge >= 0.3 is 11.9 Å². The van der Waals surface area contributed by atoms with E-state index < -0.39 is 23.7 Å². The van der Waals surface area contributed by atoms with Crippen LogP contribution in [0.5, 0.6) is 5.75 Å². The van der Waals surface area contributed by atoms with Gasteiger partial charge in [0.1, 0.15) is 23.0 Å². The van der Waals surface area contributed by atoms with E-state index in [0.29, 0.717) is 29.2 Å². The van der Waals surface area contributed by atoms with Crippen LogP contribution in [-0.4, -0.2) is 41.0 Å². The van der Waals surface area contributed by atoms with Crippen molar-refractivity contribution in [3.05, 3.63) is 94.5 Å². The minimum atomic E-state index is -0.944. The number of hydrogen-bond acceptors (Lipinski definition) is 8. The first-order valence-electron chi connectivity index (χ1n) is 11.2. The van der Waals surface area contributed by atoms with Crippen molar-refractivity contribution in [2.75, 3.05) is 18.1 Å². The summed E-state index contributed by atoms with van der Waals surface area (Å²) in [4.78, 5) is 44.8. The van der Waals surface area contributed by atoms with Gasteiger partial charge in [0.15, 0.2) is 5.13 Å². The highest BCUT2D eigenvalue weighted by atomic mass is 32.1. The second-order valence-corrected chi connectivity index (χ2v) is 8.81. The van der Waals surface area contributed by atoms with Crippen molar-refractivity contribution < 1.29 is 29.0 Å². The van der Waals surface area contributed by atoms with Crippen molar-refractivity contribution >= 4 is 39.9 Å². The first-order valence-corrected chi connectivity index (χ1v) is 12.0. The third-order valence-corrected chi connectivity index (χ3v) is 6.64. The van der Waals surface area contributed by atoms with Crippen LogP contribution in [0, 0.1) is 6.92 Å². The molecule has 2 heterocycles. The highest BCUT2D eigenvalue weighted by molar-refractivity contribution is 7.17. The van der Waals surface area contributed by atoms with Crippen LogP contribution in [0.1, 0.15) is 39.5 Å². The topological polar surface area (TPSA) is 106 Å². The maximum Gasteiger partial charge on any atom is 0.350 e. The number of carbonyl (C=O) groups excluding carboxylic acids is 3. The molecule has 0 spiro atoms. The normalized spacial score (nSPS) is 16.7. The van der Waals surface area contributed by atoms with Crippen LogP contribution >= 0.6 is 11.3 Å². The average molecular weight is 505 g/mol. The molecule has 1 aliphatic rings. The Balaban J connectivity index is 1.83. The Bertz CT molecular complexity index is 1340. The number of aromatic nitrogens is 1. The maximum atomic E-state index is 13.3. The summed E-state index contributed by atoms with van der Waals surface area (Å²) in [7, 11) is 0. The number of amides is 1. The molecule has 1 amide bonds. The predicted molar refractivity (Wildman–Crippen MR) is 136 cm³/mol. The van der Waals surface area contributed by atoms with Gasteiger partial charge < -0.3 is 14.6 Å². The zero-order valence-corrected chi connectivity index (χ0v) is 20.6. The largest absolute Gasteiger partial charge is 0.507 e. The lowest BCUT2D eigenvalue weighted by molar-refractivity contribution is -0.132. The number of aliphatic hydroxyl groups excluding tert-OH is 1. The minimum absolute atomic E-state index is 0.0299. The molecule has 184 valence electrons. The van der Waals surface area contributed by atoms with Gasteiger partial charge in [-0.05, 0) is 43.7 Å². The number of benzene rings is 2. The Morgan fingerprint density at radius 2 is 1.86 bits per heavy atom. The molecule has 0 saturated carbocycles. The van der Waals surface area contributed by atoms with Crippen LogP contribution in [0.2, 0.25) is 0 Å². The molecule has 0 bridgehead atoms. The van der Waals surface area contributed by atoms with Crippen LogP contribution in [0.15, 0.2) is 72.8 Å². The zero-order valence-electron chi connectivity index (χ0n) is 19.8. The third-order valence-electron chi connectivity index (χ3n) is 5.51. The summed E-state index contributed by atoms with van der Waals surface area (Å²) in [6.45, 7) is 7.53. The molecule has 0 aliphatic carbocycles. The van der Waals surface area contributed by atoms with Crippen molar-refractivity contribution in [2.45, 2.75) is 19.9 Å². The number of aryl methyl sites for hydroxylation is 1. The van der Waals surface area contributed by atoms with Gasteiger partial charge in [-0.15, -0.1) is 0 Å². The number of thiazole rings is 1. The minimum Gasteiger partial charge on any atom is -0.507 e. The van der Waals surface area contributed by atoms with Gasteiger partial charge in [-0.1, -0.05) is 54.3 Å². The van der Waals surface area contributed by atoms with Crippen LogP contribution in [0.4, 0.5) is 5.13 Å². The number of Topliss-reactive ketones (excluding diaryl/α,β-unsaturated/α-hetero) is 1. The van der Waals surface area contributed by atoms with Crippen molar-refractivity contribution in [1.29, 1.82) is 0 Å². The van der Waals surface area contributed by atoms with E-state index in [4.69, 9.17) is 9.47 Å². The summed E-state index contributed by atoms with van der Waals surface area (Å²) >= 11 is 0.949. The number of rotatable bonds is 8. The van der Waals surface area contributed by atoms with Crippen LogP contribution < -0.4 is 9.64 Å². The van der Waals surface area contributed by atoms with E-state index in [1.165, 1.54) is 11.0 Å². The van der Waals surface area contributed by atoms with Crippen LogP contribution in [-0.2, 0) is 14.3 Å². The molecule has 2 aromatic carbocycles. The molecule has 0 radical (unpaired) electrons. The average Bonchev–Trinajstić information content (AvgIpc) is 3.40. The lowest BCUT2D eigenvalue weighted by Gasteiger charge is -2.23. The summed E-state index contributed by atoms with van der Waals surface area (Å²) in [6.07, 6.45) is 1.45. The molecule has 1 unspecified atom stereocenters. The van der Waals surface area contributed by atoms with Crippen LogP contribution in [0.25, 0.3) is 5.76 Å². The third kappa shape index (κ3) is 4.65. The van der Waals surface area contributed by atoms with E-state index in [2.05, 4.69) is 11.6 Å². The monoisotopic (exact) mass is 504 g/mol. The summed E-state index contributed by atoms with van der Waals surface area (Å²) in [6, 6.07) is 14.5. The van der Waals surface area contributed by atoms with Crippen molar-refractivity contribution in [3.63, 3.8) is 0 Å². The predicted octanol–water partition coefficient (Wildman–Crippen LogP) is 4.82. The van der Waals surface area contributed by atoms with Gasteiger partial charge in [0.25, 0.3) is 5.78 Å². The Kier molecular flexibility index (Phi) is 7.30. The lowest BCUT2D eigenvalue weighted by Crippen LogP contribution is -2.29. The van der Waals surface area contributed by atoms with Crippen molar-refractivity contribution in [1.82, 2.24) is 4.98 Å². The molecule has 1 N–H and O–H groups in total. The Hall–Kier alpha value is -4.24. The molecule has 1 aromatic heterocycles. The molecule has 3 aromatic rings. The van der Waals surface area contributed by atoms with Crippen molar-refractivity contribution in [2.24, 2.45) is 0 Å². The fourth-order valence-electron chi connectivity index (χ4n) is 3.89. The number of ketones is 1. The second kappa shape index (κ2) is 10.6. The van der Waals surface area contributed by atoms with E-state index in [9.17, 15) is 19.5 Å². The Morgan fingerprint density at radius 3 is 2.50 bits per heavy atom. The number of hydrogen-bond donors (Lipinski definition) is 1. The number of ether oxygens (including phenoxy) is 2. The van der Waals surface area contributed by atoms with Crippen LogP contribution in [0.3, 0.4) is 0 Å². The van der Waals surface area contributed by atoms with Gasteiger partial charge in [0.2, 0.25) is 0 Å². The molecule has 1 atom stereocenters. The van der Waals surface area contributed by atoms with E-state index in [1.807, 2.05) is 13.0 Å². The second-order valence-electron chi connectivity index (χ2n) is 7.84. The molecular formula is C27H24N2O6S. The SMILES string of the molecule is C=CCOC(=O)c1sc(N2C(=O)C(=O)/C(=C(\O)c3ccc(OCC)cc3)C2c2ccccc2)nc1C. The zero-order chi connectivity index (χ0) is 25.8. The van der Waals surface area contributed by atoms with Gasteiger partial charge in [0, 0.05) is 5.56 Å². The highest BCUT2D eigenvalue weighted by Crippen LogP contribution is 2.44. The summed E-state index contributed by atoms with van der Waals surface area (Å²) < 4.78 is 10.6. The van der Waals surface area contributed by atoms with Gasteiger partial charge in [-0.2, -0.15) is 0 Å². The molecule has 36 heavy (non-hydrogen) atoms. The van der Waals surface area contributed by atoms with E-state index in [0.717, 1.165) is 11.3 Å². The number of carbonyl (C=O) groups is 3. The summed E-state index contributed by atoms with van der Waals surface area (Å²) in [5, 5.41) is 11.4. The molecule has 1 aliphatic heterocycles. The van der Waals surface area contributed by atoms with Gasteiger partial charge in [-0.25, -0.2) is 9.78 Å². The molecular weight excluding hydrogens is 480 g/mol. The number of aliphatic hydroxyl groups is 1. The fourth-order valence-corrected chi connectivity index (χ4v) is 4.87. The number of anilines is 1. The quantitative estimate of drug-likeness (QED) is 0.154. The molecule has 1 saturated heterocycles. The fraction of sp³-hybridized carbons (Fsp3) is 0.185. The van der Waals surface area contributed by atoms with Gasteiger partial charge in [0.05, 0.1) is 23.9 Å². The molecule has 1 fully saturated rings. The summed E-state index contributed by atoms with van der Waals surface area (Å²) in [5.41, 5.74) is 1.26. The van der Waals surface area contributed by atoms with E-state index in [-0.39, 0.29) is 27.9 Å². The molecule has 9 heteroatoms. The molecule has 4 rings (SSSR count).